The lowest BCUT2D eigenvalue weighted by Crippen LogP contribution is -2.33. The normalized spacial score (nSPS) is 17.1. The Kier molecular flexibility index (Phi) is 3.23. The highest BCUT2D eigenvalue weighted by atomic mass is 16.4. The van der Waals surface area contributed by atoms with E-state index >= 15 is 0 Å². The van der Waals surface area contributed by atoms with E-state index in [1.165, 1.54) is 0 Å². The van der Waals surface area contributed by atoms with Crippen LogP contribution < -0.4 is 10.8 Å². The van der Waals surface area contributed by atoms with Gasteiger partial charge in [-0.1, -0.05) is 18.2 Å². The minimum absolute atomic E-state index is 0.206. The highest BCUT2D eigenvalue weighted by Crippen LogP contribution is 2.32. The Balaban J connectivity index is 1.88. The van der Waals surface area contributed by atoms with E-state index in [2.05, 4.69) is 10.3 Å². The highest BCUT2D eigenvalue weighted by Gasteiger charge is 2.27. The van der Waals surface area contributed by atoms with Crippen LogP contribution in [0.3, 0.4) is 0 Å². The molecule has 4 nitrogen and oxygen atoms in total. The quantitative estimate of drug-likeness (QED) is 0.711. The molecule has 0 aliphatic heterocycles. The summed E-state index contributed by atoms with van der Waals surface area (Å²) in [4.78, 5) is 4.09. The molecule has 0 radical (unpaired) electrons. The van der Waals surface area contributed by atoms with Crippen molar-refractivity contribution in [2.45, 2.75) is 18.9 Å². The number of pyridine rings is 1. The standard InChI is InChI=1S/C14H15BN2O2/c18-15(19)13-5-1-4-12-11(13)6-7-14(12)17-10-3-2-8-16-9-10/h1-5,8-9,14,17-19H,6-7H2. The molecule has 2 aromatic rings. The van der Waals surface area contributed by atoms with Crippen LogP contribution in [0.1, 0.15) is 23.6 Å². The number of anilines is 1. The Morgan fingerprint density at radius 3 is 2.84 bits per heavy atom. The minimum atomic E-state index is -1.40. The molecule has 5 heteroatoms. The number of nitrogens with zero attached hydrogens (tertiary/aromatic N) is 1. The van der Waals surface area contributed by atoms with Gasteiger partial charge in [0.25, 0.3) is 0 Å². The molecular formula is C14H15BN2O2. The average molecular weight is 254 g/mol. The number of hydrogen-bond donors (Lipinski definition) is 3. The van der Waals surface area contributed by atoms with Gasteiger partial charge in [-0.15, -0.1) is 0 Å². The molecule has 1 aromatic carbocycles. The molecule has 0 amide bonds. The van der Waals surface area contributed by atoms with Gasteiger partial charge in [0.15, 0.2) is 0 Å². The zero-order valence-electron chi connectivity index (χ0n) is 10.5. The summed E-state index contributed by atoms with van der Waals surface area (Å²) in [5.74, 6) is 0. The van der Waals surface area contributed by atoms with E-state index in [4.69, 9.17) is 0 Å². The lowest BCUT2D eigenvalue weighted by atomic mass is 9.76. The van der Waals surface area contributed by atoms with Crippen molar-refractivity contribution in [3.8, 4) is 0 Å². The van der Waals surface area contributed by atoms with Gasteiger partial charge in [-0.25, -0.2) is 0 Å². The van der Waals surface area contributed by atoms with E-state index in [1.807, 2.05) is 24.3 Å². The smallest absolute Gasteiger partial charge is 0.423 e. The van der Waals surface area contributed by atoms with Crippen molar-refractivity contribution in [1.29, 1.82) is 0 Å². The summed E-state index contributed by atoms with van der Waals surface area (Å²) in [7, 11) is -1.40. The number of nitrogens with one attached hydrogen (secondary N) is 1. The maximum absolute atomic E-state index is 9.39. The van der Waals surface area contributed by atoms with E-state index in [0.717, 1.165) is 29.7 Å². The third-order valence-corrected chi connectivity index (χ3v) is 3.59. The fourth-order valence-corrected chi connectivity index (χ4v) is 2.72. The summed E-state index contributed by atoms with van der Waals surface area (Å²) in [6.45, 7) is 0. The topological polar surface area (TPSA) is 65.4 Å². The molecular weight excluding hydrogens is 239 g/mol. The summed E-state index contributed by atoms with van der Waals surface area (Å²) in [6.07, 6.45) is 5.35. The first-order chi connectivity index (χ1) is 9.25. The first-order valence-corrected chi connectivity index (χ1v) is 6.40. The summed E-state index contributed by atoms with van der Waals surface area (Å²) in [5.41, 5.74) is 3.80. The van der Waals surface area contributed by atoms with Crippen molar-refractivity contribution < 1.29 is 10.0 Å². The molecule has 1 heterocycles. The number of aromatic nitrogens is 1. The van der Waals surface area contributed by atoms with Crippen LogP contribution >= 0.6 is 0 Å². The Bertz CT molecular complexity index is 575. The molecule has 96 valence electrons. The third kappa shape index (κ3) is 2.34. The van der Waals surface area contributed by atoms with Crippen LogP contribution in [0.5, 0.6) is 0 Å². The summed E-state index contributed by atoms with van der Waals surface area (Å²) in [6, 6.07) is 9.77. The summed E-state index contributed by atoms with van der Waals surface area (Å²) in [5, 5.41) is 22.2. The SMILES string of the molecule is OB(O)c1cccc2c1CCC2Nc1cccnc1. The molecule has 1 unspecified atom stereocenters. The highest BCUT2D eigenvalue weighted by molar-refractivity contribution is 6.59. The van der Waals surface area contributed by atoms with Crippen molar-refractivity contribution in [3.05, 3.63) is 53.9 Å². The van der Waals surface area contributed by atoms with Crippen LogP contribution in [0.4, 0.5) is 5.69 Å². The Labute approximate surface area is 112 Å². The van der Waals surface area contributed by atoms with Crippen molar-refractivity contribution in [2.75, 3.05) is 5.32 Å². The van der Waals surface area contributed by atoms with Gasteiger partial charge >= 0.3 is 7.12 Å². The van der Waals surface area contributed by atoms with Gasteiger partial charge < -0.3 is 15.4 Å². The zero-order valence-corrected chi connectivity index (χ0v) is 10.5. The van der Waals surface area contributed by atoms with E-state index in [-0.39, 0.29) is 6.04 Å². The molecule has 19 heavy (non-hydrogen) atoms. The van der Waals surface area contributed by atoms with Crippen molar-refractivity contribution in [3.63, 3.8) is 0 Å². The second kappa shape index (κ2) is 5.03. The number of benzene rings is 1. The first-order valence-electron chi connectivity index (χ1n) is 6.40. The van der Waals surface area contributed by atoms with E-state index in [1.54, 1.807) is 18.5 Å². The van der Waals surface area contributed by atoms with E-state index in [9.17, 15) is 10.0 Å². The fraction of sp³-hybridized carbons (Fsp3) is 0.214. The van der Waals surface area contributed by atoms with Crippen LogP contribution in [0, 0.1) is 0 Å². The van der Waals surface area contributed by atoms with Gasteiger partial charge in [-0.05, 0) is 41.6 Å². The van der Waals surface area contributed by atoms with Gasteiger partial charge in [0.1, 0.15) is 0 Å². The predicted octanol–water partition coefficient (Wildman–Crippen LogP) is 0.861. The third-order valence-electron chi connectivity index (χ3n) is 3.59. The second-order valence-corrected chi connectivity index (χ2v) is 4.77. The van der Waals surface area contributed by atoms with Gasteiger partial charge in [-0.2, -0.15) is 0 Å². The van der Waals surface area contributed by atoms with Crippen molar-refractivity contribution in [2.24, 2.45) is 0 Å². The predicted molar refractivity (Wildman–Crippen MR) is 75.2 cm³/mol. The zero-order chi connectivity index (χ0) is 13.2. The number of rotatable bonds is 3. The minimum Gasteiger partial charge on any atom is -0.423 e. The molecule has 0 saturated heterocycles. The molecule has 3 N–H and O–H groups in total. The molecule has 0 bridgehead atoms. The molecule has 1 atom stereocenters. The monoisotopic (exact) mass is 254 g/mol. The molecule has 0 fully saturated rings. The second-order valence-electron chi connectivity index (χ2n) is 4.77. The average Bonchev–Trinajstić information content (AvgIpc) is 2.83. The van der Waals surface area contributed by atoms with Crippen molar-refractivity contribution >= 4 is 18.3 Å². The largest absolute Gasteiger partial charge is 0.488 e. The molecule has 1 aromatic heterocycles. The maximum Gasteiger partial charge on any atom is 0.488 e. The molecule has 1 aliphatic carbocycles. The van der Waals surface area contributed by atoms with Crippen molar-refractivity contribution in [1.82, 2.24) is 4.98 Å². The lowest BCUT2D eigenvalue weighted by Gasteiger charge is -2.15. The maximum atomic E-state index is 9.39. The molecule has 3 rings (SSSR count). The number of fused-ring (bicyclic) bond motifs is 1. The Morgan fingerprint density at radius 2 is 2.11 bits per heavy atom. The number of hydrogen-bond acceptors (Lipinski definition) is 4. The summed E-state index contributed by atoms with van der Waals surface area (Å²) < 4.78 is 0. The van der Waals surface area contributed by atoms with Crippen LogP contribution in [0.15, 0.2) is 42.7 Å². The molecule has 1 aliphatic rings. The van der Waals surface area contributed by atoms with Crippen LogP contribution in [-0.2, 0) is 6.42 Å². The van der Waals surface area contributed by atoms with Crippen LogP contribution in [0.2, 0.25) is 0 Å². The van der Waals surface area contributed by atoms with Gasteiger partial charge in [-0.3, -0.25) is 4.98 Å². The van der Waals surface area contributed by atoms with Gasteiger partial charge in [0.05, 0.1) is 11.7 Å². The lowest BCUT2D eigenvalue weighted by molar-refractivity contribution is 0.425. The Hall–Kier alpha value is -1.85. The fourth-order valence-electron chi connectivity index (χ4n) is 2.72. The van der Waals surface area contributed by atoms with Crippen LogP contribution in [0.25, 0.3) is 0 Å². The van der Waals surface area contributed by atoms with Gasteiger partial charge in [0, 0.05) is 12.4 Å². The van der Waals surface area contributed by atoms with E-state index < -0.39 is 7.12 Å². The summed E-state index contributed by atoms with van der Waals surface area (Å²) >= 11 is 0. The molecule has 0 saturated carbocycles. The van der Waals surface area contributed by atoms with Crippen LogP contribution in [-0.4, -0.2) is 22.2 Å². The van der Waals surface area contributed by atoms with Gasteiger partial charge in [0.2, 0.25) is 0 Å². The molecule has 0 spiro atoms. The Morgan fingerprint density at radius 1 is 1.21 bits per heavy atom. The van der Waals surface area contributed by atoms with E-state index in [0.29, 0.717) is 5.46 Å². The first kappa shape index (κ1) is 12.2.